The monoisotopic (exact) mass is 357 g/mol. The number of carbonyl (C=O) groups is 2. The number of hydrogen-bond donors (Lipinski definition) is 1. The zero-order valence-corrected chi connectivity index (χ0v) is 15.2. The molecule has 0 aliphatic carbocycles. The number of benzene rings is 1. The van der Waals surface area contributed by atoms with Crippen LogP contribution in [0.4, 0.5) is 0 Å². The quantitative estimate of drug-likeness (QED) is 0.587. The van der Waals surface area contributed by atoms with Gasteiger partial charge in [0.25, 0.3) is 0 Å². The van der Waals surface area contributed by atoms with Crippen LogP contribution in [0.2, 0.25) is 0 Å². The first-order valence-electron chi connectivity index (χ1n) is 7.53. The van der Waals surface area contributed by atoms with E-state index in [0.717, 1.165) is 5.56 Å². The minimum Gasteiger partial charge on any atom is -0.461 e. The molecule has 0 spiro atoms. The molecule has 0 atom stereocenters. The van der Waals surface area contributed by atoms with E-state index in [9.17, 15) is 18.0 Å². The second kappa shape index (κ2) is 8.25. The van der Waals surface area contributed by atoms with Crippen molar-refractivity contribution in [3.8, 4) is 0 Å². The number of esters is 2. The number of nitrogens with one attached hydrogen (secondary N) is 1. The largest absolute Gasteiger partial charge is 0.461 e. The molecule has 1 rings (SSSR count). The molecule has 1 N–H and O–H groups in total. The van der Waals surface area contributed by atoms with Gasteiger partial charge in [-0.1, -0.05) is 17.7 Å². The van der Waals surface area contributed by atoms with Crippen LogP contribution in [-0.2, 0) is 29.1 Å². The fraction of sp³-hybridized carbons (Fsp3) is 0.500. The molecule has 0 fully saturated rings. The maximum Gasteiger partial charge on any atom is 0.336 e. The minimum absolute atomic E-state index is 0.0622. The van der Waals surface area contributed by atoms with Crippen LogP contribution in [0, 0.1) is 6.92 Å². The molecule has 0 amide bonds. The second-order valence-corrected chi connectivity index (χ2v) is 7.55. The van der Waals surface area contributed by atoms with Crippen LogP contribution in [0.5, 0.6) is 0 Å². The number of hydrogen-bond acceptors (Lipinski definition) is 6. The first kappa shape index (κ1) is 20.1. The Bertz CT molecular complexity index is 657. The number of sulfonamides is 1. The van der Waals surface area contributed by atoms with Crippen LogP contribution >= 0.6 is 0 Å². The van der Waals surface area contributed by atoms with Crippen LogP contribution in [-0.4, -0.2) is 38.6 Å². The van der Waals surface area contributed by atoms with E-state index in [0.29, 0.717) is 0 Å². The topological polar surface area (TPSA) is 98.8 Å². The van der Waals surface area contributed by atoms with E-state index in [2.05, 4.69) is 4.72 Å². The molecular weight excluding hydrogens is 334 g/mol. The lowest BCUT2D eigenvalue weighted by Gasteiger charge is -2.19. The fourth-order valence-corrected chi connectivity index (χ4v) is 2.87. The number of rotatable bonds is 7. The van der Waals surface area contributed by atoms with E-state index < -0.39 is 40.2 Å². The van der Waals surface area contributed by atoms with Crippen molar-refractivity contribution in [1.82, 2.24) is 4.72 Å². The summed E-state index contributed by atoms with van der Waals surface area (Å²) in [6.45, 7) is 8.19. The second-order valence-electron chi connectivity index (χ2n) is 5.84. The molecular formula is C16H23NO6S. The van der Waals surface area contributed by atoms with Crippen LogP contribution in [0.25, 0.3) is 0 Å². The van der Waals surface area contributed by atoms with Gasteiger partial charge in [-0.2, -0.15) is 4.72 Å². The van der Waals surface area contributed by atoms with Gasteiger partial charge in [0.15, 0.2) is 0 Å². The SMILES string of the molecule is Cc1ccc(S(=O)(=O)NC(C(=O)OC(C)C)C(=O)OC(C)C)cc1. The molecule has 0 aromatic heterocycles. The number of carbonyl (C=O) groups excluding carboxylic acids is 2. The Labute approximate surface area is 142 Å². The Hall–Kier alpha value is -1.93. The lowest BCUT2D eigenvalue weighted by molar-refractivity contribution is -0.161. The van der Waals surface area contributed by atoms with Crippen molar-refractivity contribution in [2.45, 2.75) is 57.8 Å². The van der Waals surface area contributed by atoms with Gasteiger partial charge in [-0.3, -0.25) is 0 Å². The maximum absolute atomic E-state index is 12.4. The highest BCUT2D eigenvalue weighted by Gasteiger charge is 2.35. The highest BCUT2D eigenvalue weighted by atomic mass is 32.2. The molecule has 134 valence electrons. The first-order valence-corrected chi connectivity index (χ1v) is 9.01. The zero-order chi connectivity index (χ0) is 18.5. The molecule has 1 aromatic carbocycles. The Morgan fingerprint density at radius 1 is 0.917 bits per heavy atom. The maximum atomic E-state index is 12.4. The molecule has 1 aromatic rings. The van der Waals surface area contributed by atoms with E-state index in [1.165, 1.54) is 12.1 Å². The number of aryl methyl sites for hydroxylation is 1. The van der Waals surface area contributed by atoms with Crippen LogP contribution < -0.4 is 4.72 Å². The summed E-state index contributed by atoms with van der Waals surface area (Å²) in [5, 5.41) is 0. The van der Waals surface area contributed by atoms with Gasteiger partial charge in [0.2, 0.25) is 16.1 Å². The molecule has 0 aliphatic heterocycles. The summed E-state index contributed by atoms with van der Waals surface area (Å²) in [6, 6.07) is 4.23. The van der Waals surface area contributed by atoms with Crippen molar-refractivity contribution in [2.24, 2.45) is 0 Å². The van der Waals surface area contributed by atoms with Gasteiger partial charge in [0.1, 0.15) is 0 Å². The summed E-state index contributed by atoms with van der Waals surface area (Å²) >= 11 is 0. The Balaban J connectivity index is 3.08. The third-order valence-corrected chi connectivity index (χ3v) is 4.22. The summed E-state index contributed by atoms with van der Waals surface area (Å²) in [6.07, 6.45) is -1.01. The van der Waals surface area contributed by atoms with Gasteiger partial charge in [-0.15, -0.1) is 0 Å². The molecule has 0 unspecified atom stereocenters. The zero-order valence-electron chi connectivity index (χ0n) is 14.4. The van der Waals surface area contributed by atoms with Crippen LogP contribution in [0.15, 0.2) is 29.2 Å². The normalized spacial score (nSPS) is 11.8. The first-order chi connectivity index (χ1) is 11.0. The van der Waals surface area contributed by atoms with Gasteiger partial charge < -0.3 is 9.47 Å². The molecule has 7 nitrogen and oxygen atoms in total. The van der Waals surface area contributed by atoms with Gasteiger partial charge in [-0.05, 0) is 46.8 Å². The molecule has 0 heterocycles. The van der Waals surface area contributed by atoms with Crippen molar-refractivity contribution in [1.29, 1.82) is 0 Å². The van der Waals surface area contributed by atoms with E-state index in [1.807, 2.05) is 6.92 Å². The standard InChI is InChI=1S/C16H23NO6S/c1-10(2)22-15(18)14(16(19)23-11(3)4)17-24(20,21)13-8-6-12(5)7-9-13/h6-11,14,17H,1-5H3. The Morgan fingerprint density at radius 3 is 1.71 bits per heavy atom. The molecule has 0 radical (unpaired) electrons. The van der Waals surface area contributed by atoms with Crippen molar-refractivity contribution >= 4 is 22.0 Å². The fourth-order valence-electron chi connectivity index (χ4n) is 1.73. The predicted octanol–water partition coefficient (Wildman–Crippen LogP) is 1.55. The Morgan fingerprint density at radius 2 is 1.33 bits per heavy atom. The molecule has 0 bridgehead atoms. The molecule has 24 heavy (non-hydrogen) atoms. The van der Waals surface area contributed by atoms with Crippen molar-refractivity contribution in [3.05, 3.63) is 29.8 Å². The van der Waals surface area contributed by atoms with Crippen LogP contribution in [0.1, 0.15) is 33.3 Å². The van der Waals surface area contributed by atoms with Crippen molar-refractivity contribution < 1.29 is 27.5 Å². The predicted molar refractivity (Wildman–Crippen MR) is 87.7 cm³/mol. The highest BCUT2D eigenvalue weighted by Crippen LogP contribution is 2.12. The Kier molecular flexibility index (Phi) is 6.92. The lowest BCUT2D eigenvalue weighted by Crippen LogP contribution is -2.49. The van der Waals surface area contributed by atoms with Gasteiger partial charge in [-0.25, -0.2) is 18.0 Å². The summed E-state index contributed by atoms with van der Waals surface area (Å²) in [5.74, 6) is -2.02. The molecule has 0 saturated heterocycles. The third kappa shape index (κ3) is 5.93. The average molecular weight is 357 g/mol. The highest BCUT2D eigenvalue weighted by molar-refractivity contribution is 7.89. The third-order valence-electron chi connectivity index (χ3n) is 2.78. The summed E-state index contributed by atoms with van der Waals surface area (Å²) in [4.78, 5) is 24.1. The van der Waals surface area contributed by atoms with E-state index in [1.54, 1.807) is 39.8 Å². The smallest absolute Gasteiger partial charge is 0.336 e. The van der Waals surface area contributed by atoms with Crippen LogP contribution in [0.3, 0.4) is 0 Å². The molecule has 0 saturated carbocycles. The van der Waals surface area contributed by atoms with E-state index in [4.69, 9.17) is 9.47 Å². The summed E-state index contributed by atoms with van der Waals surface area (Å²) < 4.78 is 36.8. The number of ether oxygens (including phenoxy) is 2. The lowest BCUT2D eigenvalue weighted by atomic mass is 10.2. The molecule has 0 aliphatic rings. The molecule has 8 heteroatoms. The van der Waals surface area contributed by atoms with Gasteiger partial charge >= 0.3 is 11.9 Å². The van der Waals surface area contributed by atoms with Crippen molar-refractivity contribution in [2.75, 3.05) is 0 Å². The van der Waals surface area contributed by atoms with Gasteiger partial charge in [0.05, 0.1) is 17.1 Å². The van der Waals surface area contributed by atoms with Gasteiger partial charge in [0, 0.05) is 0 Å². The summed E-state index contributed by atoms with van der Waals surface area (Å²) in [7, 11) is -4.09. The van der Waals surface area contributed by atoms with Crippen molar-refractivity contribution in [3.63, 3.8) is 0 Å². The average Bonchev–Trinajstić information content (AvgIpc) is 2.43. The minimum atomic E-state index is -4.09. The van der Waals surface area contributed by atoms with E-state index >= 15 is 0 Å². The van der Waals surface area contributed by atoms with E-state index in [-0.39, 0.29) is 4.90 Å². The summed E-state index contributed by atoms with van der Waals surface area (Å²) in [5.41, 5.74) is 0.879.